The van der Waals surface area contributed by atoms with Gasteiger partial charge in [-0.3, -0.25) is 0 Å². The van der Waals surface area contributed by atoms with Gasteiger partial charge in [0.25, 0.3) is 0 Å². The van der Waals surface area contributed by atoms with Crippen molar-refractivity contribution < 1.29 is 0 Å². The minimum Gasteiger partial charge on any atom is -0.162 e. The largest absolute Gasteiger partial charge is 0.162 e. The summed E-state index contributed by atoms with van der Waals surface area (Å²) in [4.78, 5) is 0. The summed E-state index contributed by atoms with van der Waals surface area (Å²) in [5, 5.41) is 0. The van der Waals surface area contributed by atoms with Gasteiger partial charge in [-0.1, -0.05) is 13.3 Å². The Balaban J connectivity index is 2.53. The highest BCUT2D eigenvalue weighted by molar-refractivity contribution is 7.99. The number of unbranched alkanes of at least 4 members (excludes halogenated alkanes) is 1. The molecule has 0 rings (SSSR count). The third-order valence-electron chi connectivity index (χ3n) is 0.904. The van der Waals surface area contributed by atoms with Crippen molar-refractivity contribution in [3.63, 3.8) is 0 Å². The van der Waals surface area contributed by atoms with Gasteiger partial charge in [0, 0.05) is 0 Å². The summed E-state index contributed by atoms with van der Waals surface area (Å²) in [6, 6.07) is 0. The molecular formula is C7H14S. The summed E-state index contributed by atoms with van der Waals surface area (Å²) >= 11 is 1.95. The van der Waals surface area contributed by atoms with Crippen LogP contribution in [0.2, 0.25) is 0 Å². The van der Waals surface area contributed by atoms with Crippen molar-refractivity contribution in [2.24, 2.45) is 0 Å². The lowest BCUT2D eigenvalue weighted by atomic mass is 10.4. The molecule has 0 unspecified atom stereocenters. The van der Waals surface area contributed by atoms with E-state index in [1.165, 1.54) is 18.6 Å². The zero-order valence-corrected chi connectivity index (χ0v) is 6.34. The van der Waals surface area contributed by atoms with Crippen molar-refractivity contribution in [1.82, 2.24) is 0 Å². The molecular weight excluding hydrogens is 116 g/mol. The monoisotopic (exact) mass is 130 g/mol. The average molecular weight is 130 g/mol. The zero-order chi connectivity index (χ0) is 6.24. The van der Waals surface area contributed by atoms with Crippen LogP contribution in [0.4, 0.5) is 0 Å². The number of hydrogen-bond donors (Lipinski definition) is 0. The maximum Gasteiger partial charge on any atom is -0.00647 e. The normalized spacial score (nSPS) is 9.75. The molecule has 0 amide bonds. The van der Waals surface area contributed by atoms with Crippen molar-refractivity contribution in [2.75, 3.05) is 11.5 Å². The molecule has 0 saturated heterocycles. The highest BCUT2D eigenvalue weighted by Gasteiger charge is 1.83. The Morgan fingerprint density at radius 1 is 1.38 bits per heavy atom. The van der Waals surface area contributed by atoms with Gasteiger partial charge in [0.05, 0.1) is 0 Å². The minimum absolute atomic E-state index is 0.828. The Morgan fingerprint density at radius 2 is 2.12 bits per heavy atom. The Kier molecular flexibility index (Phi) is 7.67. The second-order valence-electron chi connectivity index (χ2n) is 1.75. The summed E-state index contributed by atoms with van der Waals surface area (Å²) in [5.74, 6) is 2.41. The average Bonchev–Trinajstić information content (AvgIpc) is 1.81. The van der Waals surface area contributed by atoms with Gasteiger partial charge in [-0.05, 0) is 31.3 Å². The molecule has 0 aromatic heterocycles. The fraction of sp³-hybridized carbons (Fsp3) is 0.857. The molecule has 1 heteroatoms. The number of hydrogen-bond acceptors (Lipinski definition) is 1. The predicted octanol–water partition coefficient (Wildman–Crippen LogP) is 2.62. The summed E-state index contributed by atoms with van der Waals surface area (Å²) in [6.45, 7) is 7.50. The molecule has 0 aromatic carbocycles. The fourth-order valence-corrected chi connectivity index (χ4v) is 1.30. The lowest BCUT2D eigenvalue weighted by Crippen LogP contribution is -1.79. The van der Waals surface area contributed by atoms with Gasteiger partial charge in [0.15, 0.2) is 0 Å². The molecule has 0 aliphatic rings. The van der Waals surface area contributed by atoms with Crippen LogP contribution < -0.4 is 0 Å². The molecule has 0 fully saturated rings. The van der Waals surface area contributed by atoms with Crippen LogP contribution in [0.5, 0.6) is 0 Å². The van der Waals surface area contributed by atoms with E-state index in [-0.39, 0.29) is 0 Å². The molecule has 0 saturated carbocycles. The molecule has 0 aromatic rings. The first-order chi connectivity index (χ1) is 3.91. The minimum atomic E-state index is 0.828. The van der Waals surface area contributed by atoms with Crippen LogP contribution in [-0.4, -0.2) is 11.5 Å². The van der Waals surface area contributed by atoms with Crippen LogP contribution in [0.1, 0.15) is 26.2 Å². The van der Waals surface area contributed by atoms with Gasteiger partial charge < -0.3 is 0 Å². The van der Waals surface area contributed by atoms with Crippen LogP contribution in [0.25, 0.3) is 0 Å². The first-order valence-corrected chi connectivity index (χ1v) is 4.35. The van der Waals surface area contributed by atoms with Gasteiger partial charge in [-0.25, -0.2) is 0 Å². The van der Waals surface area contributed by atoms with Gasteiger partial charge in [-0.15, -0.1) is 0 Å². The second kappa shape index (κ2) is 7.35. The molecule has 2 radical (unpaired) electrons. The fourth-order valence-electron chi connectivity index (χ4n) is 0.432. The molecule has 0 heterocycles. The summed E-state index contributed by atoms with van der Waals surface area (Å²) in [5.41, 5.74) is 0. The van der Waals surface area contributed by atoms with Crippen LogP contribution in [-0.2, 0) is 0 Å². The third kappa shape index (κ3) is 6.35. The summed E-state index contributed by atoms with van der Waals surface area (Å²) in [6.07, 6.45) is 3.47. The number of thioether (sulfide) groups is 1. The second-order valence-corrected chi connectivity index (χ2v) is 2.98. The number of rotatable bonds is 5. The highest BCUT2D eigenvalue weighted by atomic mass is 32.2. The van der Waals surface area contributed by atoms with Crippen LogP contribution >= 0.6 is 11.8 Å². The van der Waals surface area contributed by atoms with Crippen molar-refractivity contribution in [2.45, 2.75) is 26.2 Å². The van der Waals surface area contributed by atoms with Crippen molar-refractivity contribution in [3.8, 4) is 0 Å². The molecule has 0 aliphatic carbocycles. The van der Waals surface area contributed by atoms with E-state index in [4.69, 9.17) is 6.92 Å². The maximum absolute atomic E-state index is 5.29. The SMILES string of the molecule is [CH]CCSCCCC. The quantitative estimate of drug-likeness (QED) is 0.515. The summed E-state index contributed by atoms with van der Waals surface area (Å²) < 4.78 is 0. The predicted molar refractivity (Wildman–Crippen MR) is 41.2 cm³/mol. The van der Waals surface area contributed by atoms with Gasteiger partial charge in [0.1, 0.15) is 0 Å². The molecule has 48 valence electrons. The molecule has 0 spiro atoms. The van der Waals surface area contributed by atoms with E-state index in [2.05, 4.69) is 6.92 Å². The molecule has 0 N–H and O–H groups in total. The lowest BCUT2D eigenvalue weighted by Gasteiger charge is -1.94. The van der Waals surface area contributed by atoms with E-state index in [9.17, 15) is 0 Å². The van der Waals surface area contributed by atoms with E-state index in [0.29, 0.717) is 0 Å². The van der Waals surface area contributed by atoms with E-state index in [0.717, 1.165) is 12.2 Å². The van der Waals surface area contributed by atoms with Crippen LogP contribution in [0.15, 0.2) is 0 Å². The van der Waals surface area contributed by atoms with Crippen LogP contribution in [0.3, 0.4) is 0 Å². The van der Waals surface area contributed by atoms with Gasteiger partial charge >= 0.3 is 0 Å². The van der Waals surface area contributed by atoms with Gasteiger partial charge in [0.2, 0.25) is 0 Å². The molecule has 8 heavy (non-hydrogen) atoms. The highest BCUT2D eigenvalue weighted by Crippen LogP contribution is 2.04. The Hall–Kier alpha value is 0.350. The third-order valence-corrected chi connectivity index (χ3v) is 2.01. The van der Waals surface area contributed by atoms with Crippen molar-refractivity contribution in [3.05, 3.63) is 6.92 Å². The zero-order valence-electron chi connectivity index (χ0n) is 5.52. The smallest absolute Gasteiger partial charge is 0.00647 e. The molecule has 0 atom stereocenters. The first-order valence-electron chi connectivity index (χ1n) is 3.19. The van der Waals surface area contributed by atoms with E-state index >= 15 is 0 Å². The van der Waals surface area contributed by atoms with Crippen molar-refractivity contribution >= 4 is 11.8 Å². The molecule has 0 nitrogen and oxygen atoms in total. The molecule has 0 aliphatic heterocycles. The van der Waals surface area contributed by atoms with E-state index in [1.807, 2.05) is 11.8 Å². The first kappa shape index (κ1) is 8.35. The van der Waals surface area contributed by atoms with E-state index in [1.54, 1.807) is 0 Å². The Bertz CT molecular complexity index is 29.4. The Morgan fingerprint density at radius 3 is 2.62 bits per heavy atom. The lowest BCUT2D eigenvalue weighted by molar-refractivity contribution is 0.896. The maximum atomic E-state index is 5.29. The van der Waals surface area contributed by atoms with Gasteiger partial charge in [-0.2, -0.15) is 11.8 Å². The van der Waals surface area contributed by atoms with Crippen LogP contribution in [0, 0.1) is 6.92 Å². The van der Waals surface area contributed by atoms with E-state index < -0.39 is 0 Å². The summed E-state index contributed by atoms with van der Waals surface area (Å²) in [7, 11) is 0. The standard InChI is InChI=1S/C7H14S/c1-3-5-7-8-6-4-2/h2H,3-7H2,1H3. The Labute approximate surface area is 57.1 Å². The topological polar surface area (TPSA) is 0 Å². The van der Waals surface area contributed by atoms with Crippen molar-refractivity contribution in [1.29, 1.82) is 0 Å². The molecule has 0 bridgehead atoms.